The van der Waals surface area contributed by atoms with E-state index in [0.29, 0.717) is 19.8 Å². The number of hydrogen-bond acceptors (Lipinski definition) is 6. The summed E-state index contributed by atoms with van der Waals surface area (Å²) in [5.74, 6) is 0.805. The Morgan fingerprint density at radius 1 is 1.33 bits per heavy atom. The quantitative estimate of drug-likeness (QED) is 0.725. The third kappa shape index (κ3) is 4.21. The number of rotatable bonds is 8. The Balaban J connectivity index is 2.85. The standard InChI is InChI=1S/C12H22N4O2/c1-10(9-18-3)16(4-5-17-2)12-8-14-7-11(6-13)15-12/h7-8,10H,4-6,9,13H2,1-3H3. The first kappa shape index (κ1) is 14.8. The minimum absolute atomic E-state index is 0.201. The normalized spacial score (nSPS) is 12.4. The molecule has 0 fully saturated rings. The van der Waals surface area contributed by atoms with Crippen LogP contribution in [-0.2, 0) is 16.0 Å². The van der Waals surface area contributed by atoms with Crippen LogP contribution in [0.4, 0.5) is 5.82 Å². The maximum Gasteiger partial charge on any atom is 0.147 e. The summed E-state index contributed by atoms with van der Waals surface area (Å²) in [6.07, 6.45) is 3.42. The van der Waals surface area contributed by atoms with Crippen LogP contribution in [0.25, 0.3) is 0 Å². The summed E-state index contributed by atoms with van der Waals surface area (Å²) in [6, 6.07) is 0.201. The molecule has 1 aromatic heterocycles. The molecule has 0 saturated heterocycles. The van der Waals surface area contributed by atoms with Gasteiger partial charge in [0.05, 0.1) is 31.1 Å². The Bertz CT molecular complexity index is 349. The first-order chi connectivity index (χ1) is 8.72. The van der Waals surface area contributed by atoms with Gasteiger partial charge in [0.25, 0.3) is 0 Å². The SMILES string of the molecule is COCCN(c1cncc(CN)n1)C(C)COC. The molecule has 0 amide bonds. The molecule has 1 rings (SSSR count). The van der Waals surface area contributed by atoms with Crippen molar-refractivity contribution in [1.82, 2.24) is 9.97 Å². The van der Waals surface area contributed by atoms with Crippen LogP contribution in [-0.4, -0.2) is 50.0 Å². The molecule has 0 radical (unpaired) electrons. The molecule has 18 heavy (non-hydrogen) atoms. The van der Waals surface area contributed by atoms with Crippen LogP contribution >= 0.6 is 0 Å². The minimum atomic E-state index is 0.201. The van der Waals surface area contributed by atoms with Gasteiger partial charge in [0.15, 0.2) is 0 Å². The maximum absolute atomic E-state index is 5.58. The van der Waals surface area contributed by atoms with Crippen LogP contribution in [0.2, 0.25) is 0 Å². The average molecular weight is 254 g/mol. The Kier molecular flexibility index (Phi) is 6.56. The summed E-state index contributed by atoms with van der Waals surface area (Å²) in [4.78, 5) is 10.7. The Hall–Kier alpha value is -1.24. The van der Waals surface area contributed by atoms with Crippen LogP contribution in [0.5, 0.6) is 0 Å². The number of hydrogen-bond donors (Lipinski definition) is 1. The summed E-state index contributed by atoms with van der Waals surface area (Å²) in [5.41, 5.74) is 6.36. The lowest BCUT2D eigenvalue weighted by Crippen LogP contribution is -2.39. The molecule has 6 nitrogen and oxygen atoms in total. The Morgan fingerprint density at radius 3 is 2.72 bits per heavy atom. The van der Waals surface area contributed by atoms with E-state index in [1.165, 1.54) is 0 Å². The second-order valence-corrected chi connectivity index (χ2v) is 4.06. The highest BCUT2D eigenvalue weighted by molar-refractivity contribution is 5.37. The summed E-state index contributed by atoms with van der Waals surface area (Å²) >= 11 is 0. The molecule has 1 aromatic rings. The second-order valence-electron chi connectivity index (χ2n) is 4.06. The van der Waals surface area contributed by atoms with E-state index in [4.69, 9.17) is 15.2 Å². The van der Waals surface area contributed by atoms with Crippen LogP contribution in [0.3, 0.4) is 0 Å². The third-order valence-corrected chi connectivity index (χ3v) is 2.65. The van der Waals surface area contributed by atoms with E-state index in [1.54, 1.807) is 26.6 Å². The first-order valence-corrected chi connectivity index (χ1v) is 5.98. The van der Waals surface area contributed by atoms with Crippen LogP contribution in [0.15, 0.2) is 12.4 Å². The lowest BCUT2D eigenvalue weighted by molar-refractivity contribution is 0.170. The lowest BCUT2D eigenvalue weighted by Gasteiger charge is -2.29. The number of aromatic nitrogens is 2. The van der Waals surface area contributed by atoms with Gasteiger partial charge in [-0.2, -0.15) is 0 Å². The van der Waals surface area contributed by atoms with Crippen LogP contribution in [0.1, 0.15) is 12.6 Å². The van der Waals surface area contributed by atoms with Crippen LogP contribution in [0, 0.1) is 0 Å². The fourth-order valence-electron chi connectivity index (χ4n) is 1.71. The van der Waals surface area contributed by atoms with E-state index in [-0.39, 0.29) is 6.04 Å². The molecule has 0 aliphatic carbocycles. The topological polar surface area (TPSA) is 73.5 Å². The highest BCUT2D eigenvalue weighted by atomic mass is 16.5. The molecule has 102 valence electrons. The number of anilines is 1. The van der Waals surface area contributed by atoms with Crippen molar-refractivity contribution < 1.29 is 9.47 Å². The van der Waals surface area contributed by atoms with Gasteiger partial charge in [0.1, 0.15) is 5.82 Å². The highest BCUT2D eigenvalue weighted by Gasteiger charge is 2.16. The van der Waals surface area contributed by atoms with Crippen molar-refractivity contribution in [2.24, 2.45) is 5.73 Å². The number of methoxy groups -OCH3 is 2. The summed E-state index contributed by atoms with van der Waals surface area (Å²) in [6.45, 7) is 4.46. The largest absolute Gasteiger partial charge is 0.383 e. The highest BCUT2D eigenvalue weighted by Crippen LogP contribution is 2.13. The van der Waals surface area contributed by atoms with E-state index in [9.17, 15) is 0 Å². The molecule has 2 N–H and O–H groups in total. The van der Waals surface area contributed by atoms with E-state index in [1.807, 2.05) is 0 Å². The number of nitrogens with zero attached hydrogens (tertiary/aromatic N) is 3. The van der Waals surface area contributed by atoms with E-state index in [0.717, 1.165) is 18.1 Å². The fraction of sp³-hybridized carbons (Fsp3) is 0.667. The van der Waals surface area contributed by atoms with Crippen molar-refractivity contribution in [2.45, 2.75) is 19.5 Å². The molecular weight excluding hydrogens is 232 g/mol. The number of ether oxygens (including phenoxy) is 2. The summed E-state index contributed by atoms with van der Waals surface area (Å²) < 4.78 is 10.3. The molecule has 0 aliphatic heterocycles. The number of nitrogens with two attached hydrogens (primary N) is 1. The van der Waals surface area contributed by atoms with Crippen molar-refractivity contribution in [3.8, 4) is 0 Å². The molecule has 0 aromatic carbocycles. The molecule has 0 bridgehead atoms. The lowest BCUT2D eigenvalue weighted by atomic mass is 10.3. The molecule has 0 aliphatic rings. The molecule has 0 saturated carbocycles. The molecule has 1 unspecified atom stereocenters. The van der Waals surface area contributed by atoms with Gasteiger partial charge in [0.2, 0.25) is 0 Å². The van der Waals surface area contributed by atoms with Crippen molar-refractivity contribution in [3.63, 3.8) is 0 Å². The van der Waals surface area contributed by atoms with Gasteiger partial charge in [-0.15, -0.1) is 0 Å². The maximum atomic E-state index is 5.58. The van der Waals surface area contributed by atoms with Crippen LogP contribution < -0.4 is 10.6 Å². The zero-order valence-electron chi connectivity index (χ0n) is 11.3. The van der Waals surface area contributed by atoms with Gasteiger partial charge >= 0.3 is 0 Å². The molecule has 1 heterocycles. The Morgan fingerprint density at radius 2 is 2.11 bits per heavy atom. The van der Waals surface area contributed by atoms with Crippen molar-refractivity contribution >= 4 is 5.82 Å². The van der Waals surface area contributed by atoms with E-state index in [2.05, 4.69) is 21.8 Å². The van der Waals surface area contributed by atoms with Gasteiger partial charge in [0, 0.05) is 33.5 Å². The second kappa shape index (κ2) is 7.97. The van der Waals surface area contributed by atoms with E-state index < -0.39 is 0 Å². The molecular formula is C12H22N4O2. The average Bonchev–Trinajstić information content (AvgIpc) is 2.40. The van der Waals surface area contributed by atoms with Gasteiger partial charge < -0.3 is 20.1 Å². The van der Waals surface area contributed by atoms with Gasteiger partial charge in [-0.05, 0) is 6.92 Å². The molecule has 1 atom stereocenters. The molecule has 6 heteroatoms. The fourth-order valence-corrected chi connectivity index (χ4v) is 1.71. The predicted octanol–water partition coefficient (Wildman–Crippen LogP) is 0.423. The molecule has 0 spiro atoms. The minimum Gasteiger partial charge on any atom is -0.383 e. The summed E-state index contributed by atoms with van der Waals surface area (Å²) in [5, 5.41) is 0. The van der Waals surface area contributed by atoms with Gasteiger partial charge in [-0.25, -0.2) is 4.98 Å². The van der Waals surface area contributed by atoms with Crippen molar-refractivity contribution in [3.05, 3.63) is 18.1 Å². The van der Waals surface area contributed by atoms with Gasteiger partial charge in [-0.3, -0.25) is 4.98 Å². The van der Waals surface area contributed by atoms with Gasteiger partial charge in [-0.1, -0.05) is 0 Å². The Labute approximate surface area is 108 Å². The zero-order chi connectivity index (χ0) is 13.4. The van der Waals surface area contributed by atoms with E-state index >= 15 is 0 Å². The predicted molar refractivity (Wildman–Crippen MR) is 70.5 cm³/mol. The monoisotopic (exact) mass is 254 g/mol. The summed E-state index contributed by atoms with van der Waals surface area (Å²) in [7, 11) is 3.37. The zero-order valence-corrected chi connectivity index (χ0v) is 11.3. The smallest absolute Gasteiger partial charge is 0.147 e. The van der Waals surface area contributed by atoms with Crippen molar-refractivity contribution in [1.29, 1.82) is 0 Å². The first-order valence-electron chi connectivity index (χ1n) is 5.98. The van der Waals surface area contributed by atoms with Crippen molar-refractivity contribution in [2.75, 3.05) is 38.9 Å². The third-order valence-electron chi connectivity index (χ3n) is 2.65.